The van der Waals surface area contributed by atoms with E-state index in [9.17, 15) is 15.3 Å². The minimum Gasteiger partial charge on any atom is -0.394 e. The van der Waals surface area contributed by atoms with Gasteiger partial charge in [-0.3, -0.25) is 4.18 Å². The van der Waals surface area contributed by atoms with Crippen LogP contribution < -0.4 is 0 Å². The molecular formula is C9H18O6S. The van der Waals surface area contributed by atoms with Crippen molar-refractivity contribution >= 4 is 12.0 Å². The van der Waals surface area contributed by atoms with Gasteiger partial charge in [0.05, 0.1) is 6.61 Å². The molecule has 16 heavy (non-hydrogen) atoms. The summed E-state index contributed by atoms with van der Waals surface area (Å²) < 4.78 is 10.3. The van der Waals surface area contributed by atoms with Crippen LogP contribution in [-0.4, -0.2) is 63.0 Å². The van der Waals surface area contributed by atoms with Gasteiger partial charge in [-0.05, 0) is 12.0 Å². The van der Waals surface area contributed by atoms with Crippen LogP contribution >= 0.6 is 12.0 Å². The second-order valence-electron chi connectivity index (χ2n) is 3.94. The van der Waals surface area contributed by atoms with E-state index < -0.39 is 37.3 Å². The van der Waals surface area contributed by atoms with Gasteiger partial charge < -0.3 is 25.2 Å². The van der Waals surface area contributed by atoms with Gasteiger partial charge in [-0.1, -0.05) is 13.8 Å². The maximum absolute atomic E-state index is 9.58. The van der Waals surface area contributed by atoms with E-state index in [1.807, 2.05) is 13.8 Å². The SMILES string of the molecule is CC(C)SOC1O[C@H](CO)[C@H](O)[C@H](O)[C@H]1O. The van der Waals surface area contributed by atoms with Gasteiger partial charge in [-0.25, -0.2) is 0 Å². The summed E-state index contributed by atoms with van der Waals surface area (Å²) >= 11 is 1.10. The van der Waals surface area contributed by atoms with Crippen molar-refractivity contribution in [1.82, 2.24) is 0 Å². The van der Waals surface area contributed by atoms with Crippen molar-refractivity contribution in [3.05, 3.63) is 0 Å². The molecule has 5 atom stereocenters. The molecule has 96 valence electrons. The number of rotatable bonds is 4. The molecule has 0 spiro atoms. The highest BCUT2D eigenvalue weighted by Gasteiger charge is 2.44. The summed E-state index contributed by atoms with van der Waals surface area (Å²) in [5, 5.41) is 37.6. The first-order chi connectivity index (χ1) is 7.47. The molecular weight excluding hydrogens is 236 g/mol. The normalized spacial score (nSPS) is 40.3. The van der Waals surface area contributed by atoms with Crippen molar-refractivity contribution in [2.24, 2.45) is 0 Å². The van der Waals surface area contributed by atoms with Crippen molar-refractivity contribution in [2.45, 2.75) is 49.8 Å². The fraction of sp³-hybridized carbons (Fsp3) is 1.00. The molecule has 4 N–H and O–H groups in total. The van der Waals surface area contributed by atoms with Gasteiger partial charge in [0.15, 0.2) is 6.29 Å². The molecule has 1 rings (SSSR count). The zero-order valence-electron chi connectivity index (χ0n) is 9.18. The molecule has 0 aromatic heterocycles. The van der Waals surface area contributed by atoms with Crippen LogP contribution in [0, 0.1) is 0 Å². The molecule has 0 amide bonds. The lowest BCUT2D eigenvalue weighted by molar-refractivity contribution is -0.274. The Balaban J connectivity index is 2.56. The van der Waals surface area contributed by atoms with Crippen LogP contribution in [0.25, 0.3) is 0 Å². The third-order valence-electron chi connectivity index (χ3n) is 2.19. The van der Waals surface area contributed by atoms with Crippen LogP contribution in [0.3, 0.4) is 0 Å². The van der Waals surface area contributed by atoms with E-state index in [1.165, 1.54) is 0 Å². The predicted octanol–water partition coefficient (Wildman–Crippen LogP) is -1.14. The monoisotopic (exact) mass is 254 g/mol. The Bertz CT molecular complexity index is 212. The van der Waals surface area contributed by atoms with E-state index in [1.54, 1.807) is 0 Å². The summed E-state index contributed by atoms with van der Waals surface area (Å²) in [6.07, 6.45) is -6.03. The lowest BCUT2D eigenvalue weighted by Gasteiger charge is -2.39. The molecule has 0 aromatic carbocycles. The van der Waals surface area contributed by atoms with E-state index in [-0.39, 0.29) is 5.25 Å². The molecule has 0 radical (unpaired) electrons. The Morgan fingerprint density at radius 3 is 2.31 bits per heavy atom. The highest BCUT2D eigenvalue weighted by Crippen LogP contribution is 2.26. The molecule has 1 saturated heterocycles. The molecule has 6 nitrogen and oxygen atoms in total. The van der Waals surface area contributed by atoms with Crippen LogP contribution in [0.5, 0.6) is 0 Å². The first-order valence-corrected chi connectivity index (χ1v) is 5.90. The summed E-state index contributed by atoms with van der Waals surface area (Å²) in [4.78, 5) is 0. The third-order valence-corrected chi connectivity index (χ3v) is 2.88. The largest absolute Gasteiger partial charge is 0.394 e. The fourth-order valence-corrected chi connectivity index (χ4v) is 1.80. The summed E-state index contributed by atoms with van der Waals surface area (Å²) in [6.45, 7) is 3.35. The van der Waals surface area contributed by atoms with Crippen LogP contribution in [0.1, 0.15) is 13.8 Å². The summed E-state index contributed by atoms with van der Waals surface area (Å²) in [5.74, 6) is 0. The summed E-state index contributed by atoms with van der Waals surface area (Å²) in [6, 6.07) is 0. The molecule has 0 saturated carbocycles. The first-order valence-electron chi connectivity index (χ1n) is 5.10. The Morgan fingerprint density at radius 1 is 1.19 bits per heavy atom. The van der Waals surface area contributed by atoms with E-state index >= 15 is 0 Å². The molecule has 1 aliphatic heterocycles. The maximum atomic E-state index is 9.58. The van der Waals surface area contributed by atoms with Gasteiger partial charge in [0, 0.05) is 5.25 Å². The van der Waals surface area contributed by atoms with Gasteiger partial charge in [0.1, 0.15) is 24.4 Å². The van der Waals surface area contributed by atoms with Crippen LogP contribution in [0.2, 0.25) is 0 Å². The molecule has 0 bridgehead atoms. The molecule has 1 fully saturated rings. The van der Waals surface area contributed by atoms with E-state index in [0.717, 1.165) is 12.0 Å². The van der Waals surface area contributed by atoms with Crippen LogP contribution in [0.4, 0.5) is 0 Å². The topological polar surface area (TPSA) is 99.4 Å². The van der Waals surface area contributed by atoms with Gasteiger partial charge in [-0.15, -0.1) is 0 Å². The van der Waals surface area contributed by atoms with Crippen molar-refractivity contribution < 1.29 is 29.3 Å². The first kappa shape index (κ1) is 14.2. The van der Waals surface area contributed by atoms with Crippen molar-refractivity contribution in [3.8, 4) is 0 Å². The zero-order chi connectivity index (χ0) is 12.3. The predicted molar refractivity (Wildman–Crippen MR) is 57.6 cm³/mol. The van der Waals surface area contributed by atoms with Crippen LogP contribution in [0.15, 0.2) is 0 Å². The highest BCUT2D eigenvalue weighted by atomic mass is 32.2. The van der Waals surface area contributed by atoms with Crippen LogP contribution in [-0.2, 0) is 8.92 Å². The van der Waals surface area contributed by atoms with Gasteiger partial charge in [-0.2, -0.15) is 0 Å². The Morgan fingerprint density at radius 2 is 1.81 bits per heavy atom. The molecule has 1 heterocycles. The van der Waals surface area contributed by atoms with E-state index in [0.29, 0.717) is 0 Å². The van der Waals surface area contributed by atoms with Gasteiger partial charge in [0.2, 0.25) is 0 Å². The second kappa shape index (κ2) is 6.15. The Kier molecular flexibility index (Phi) is 5.45. The van der Waals surface area contributed by atoms with Gasteiger partial charge in [0.25, 0.3) is 0 Å². The average Bonchev–Trinajstić information content (AvgIpc) is 2.25. The van der Waals surface area contributed by atoms with Crippen molar-refractivity contribution in [2.75, 3.05) is 6.61 Å². The number of hydrogen-bond donors (Lipinski definition) is 4. The minimum atomic E-state index is -1.39. The molecule has 1 unspecified atom stereocenters. The highest BCUT2D eigenvalue weighted by molar-refractivity contribution is 7.95. The lowest BCUT2D eigenvalue weighted by Crippen LogP contribution is -2.58. The van der Waals surface area contributed by atoms with Crippen molar-refractivity contribution in [1.29, 1.82) is 0 Å². The second-order valence-corrected chi connectivity index (χ2v) is 5.27. The lowest BCUT2D eigenvalue weighted by atomic mass is 10.00. The Labute approximate surface area is 98.4 Å². The van der Waals surface area contributed by atoms with E-state index in [4.69, 9.17) is 14.0 Å². The number of aliphatic hydroxyl groups excluding tert-OH is 4. The molecule has 0 aromatic rings. The maximum Gasteiger partial charge on any atom is 0.199 e. The number of hydrogen-bond acceptors (Lipinski definition) is 7. The third kappa shape index (κ3) is 3.30. The Hall–Kier alpha value is 0.110. The van der Waals surface area contributed by atoms with Gasteiger partial charge >= 0.3 is 0 Å². The standard InChI is InChI=1S/C9H18O6S/c1-4(2)16-15-9-8(13)7(12)6(11)5(3-10)14-9/h4-13H,3H2,1-2H3/t5-,6+,7+,8-,9?/m1/s1. The van der Waals surface area contributed by atoms with Crippen molar-refractivity contribution in [3.63, 3.8) is 0 Å². The molecule has 1 aliphatic rings. The number of aliphatic hydroxyl groups is 4. The van der Waals surface area contributed by atoms with E-state index in [2.05, 4.69) is 0 Å². The summed E-state index contributed by atoms with van der Waals surface area (Å²) in [7, 11) is 0. The smallest absolute Gasteiger partial charge is 0.199 e. The molecule has 7 heteroatoms. The zero-order valence-corrected chi connectivity index (χ0v) is 10.0. The summed E-state index contributed by atoms with van der Waals surface area (Å²) in [5.41, 5.74) is 0. The minimum absolute atomic E-state index is 0.173. The molecule has 0 aliphatic carbocycles. The fourth-order valence-electron chi connectivity index (χ4n) is 1.31. The number of ether oxygens (including phenoxy) is 1. The quantitative estimate of drug-likeness (QED) is 0.471. The average molecular weight is 254 g/mol.